The molecule has 5 heteroatoms. The minimum Gasteiger partial charge on any atom is -0.346 e. The SMILES string of the molecule is Brc1cccc2sc(N3CCNCC3)nc12. The zero-order valence-electron chi connectivity index (χ0n) is 8.74. The second-order valence-electron chi connectivity index (χ2n) is 3.82. The maximum atomic E-state index is 4.71. The number of aromatic nitrogens is 1. The molecule has 0 amide bonds. The summed E-state index contributed by atoms with van der Waals surface area (Å²) in [5.74, 6) is 0. The van der Waals surface area contributed by atoms with Gasteiger partial charge in [-0.1, -0.05) is 17.4 Å². The van der Waals surface area contributed by atoms with Gasteiger partial charge in [-0.2, -0.15) is 0 Å². The van der Waals surface area contributed by atoms with Gasteiger partial charge < -0.3 is 10.2 Å². The Labute approximate surface area is 107 Å². The van der Waals surface area contributed by atoms with Crippen LogP contribution in [0.3, 0.4) is 0 Å². The van der Waals surface area contributed by atoms with Gasteiger partial charge in [0.1, 0.15) is 0 Å². The number of nitrogens with zero attached hydrogens (tertiary/aromatic N) is 2. The van der Waals surface area contributed by atoms with Gasteiger partial charge in [0, 0.05) is 30.7 Å². The molecule has 0 bridgehead atoms. The van der Waals surface area contributed by atoms with Gasteiger partial charge in [0.05, 0.1) is 10.2 Å². The number of hydrogen-bond acceptors (Lipinski definition) is 4. The van der Waals surface area contributed by atoms with Crippen LogP contribution < -0.4 is 10.2 Å². The van der Waals surface area contributed by atoms with Crippen LogP contribution in [0.25, 0.3) is 10.2 Å². The van der Waals surface area contributed by atoms with E-state index in [2.05, 4.69) is 38.3 Å². The quantitative estimate of drug-likeness (QED) is 0.876. The zero-order chi connectivity index (χ0) is 11.0. The number of thiazole rings is 1. The Morgan fingerprint density at radius 2 is 2.12 bits per heavy atom. The van der Waals surface area contributed by atoms with E-state index in [4.69, 9.17) is 4.98 Å². The minimum atomic E-state index is 1.05. The molecule has 1 aliphatic rings. The summed E-state index contributed by atoms with van der Waals surface area (Å²) in [5.41, 5.74) is 1.08. The van der Waals surface area contributed by atoms with Crippen LogP contribution in [0.4, 0.5) is 5.13 Å². The first-order valence-corrected chi connectivity index (χ1v) is 6.96. The van der Waals surface area contributed by atoms with E-state index in [0.717, 1.165) is 41.3 Å². The van der Waals surface area contributed by atoms with Gasteiger partial charge in [0.25, 0.3) is 0 Å². The van der Waals surface area contributed by atoms with Crippen molar-refractivity contribution >= 4 is 42.6 Å². The van der Waals surface area contributed by atoms with E-state index < -0.39 is 0 Å². The van der Waals surface area contributed by atoms with Crippen molar-refractivity contribution in [3.05, 3.63) is 22.7 Å². The molecule has 16 heavy (non-hydrogen) atoms. The lowest BCUT2D eigenvalue weighted by atomic mass is 10.3. The van der Waals surface area contributed by atoms with Crippen LogP contribution in [0.5, 0.6) is 0 Å². The van der Waals surface area contributed by atoms with E-state index >= 15 is 0 Å². The molecule has 0 unspecified atom stereocenters. The number of nitrogens with one attached hydrogen (secondary N) is 1. The van der Waals surface area contributed by atoms with Gasteiger partial charge >= 0.3 is 0 Å². The van der Waals surface area contributed by atoms with E-state index in [1.54, 1.807) is 11.3 Å². The number of fused-ring (bicyclic) bond motifs is 1. The average molecular weight is 298 g/mol. The Bertz CT molecular complexity index is 505. The van der Waals surface area contributed by atoms with Crippen LogP contribution in [0.2, 0.25) is 0 Å². The number of hydrogen-bond donors (Lipinski definition) is 1. The molecule has 0 atom stereocenters. The maximum absolute atomic E-state index is 4.71. The van der Waals surface area contributed by atoms with Crippen LogP contribution in [0.1, 0.15) is 0 Å². The summed E-state index contributed by atoms with van der Waals surface area (Å²) in [6.07, 6.45) is 0. The molecule has 2 aromatic rings. The number of halogens is 1. The van der Waals surface area contributed by atoms with Crippen molar-refractivity contribution in [1.82, 2.24) is 10.3 Å². The molecule has 1 aromatic heterocycles. The van der Waals surface area contributed by atoms with E-state index in [-0.39, 0.29) is 0 Å². The molecule has 0 radical (unpaired) electrons. The highest BCUT2D eigenvalue weighted by Crippen LogP contribution is 2.32. The second-order valence-corrected chi connectivity index (χ2v) is 5.68. The lowest BCUT2D eigenvalue weighted by Crippen LogP contribution is -2.43. The van der Waals surface area contributed by atoms with Crippen molar-refractivity contribution in [2.45, 2.75) is 0 Å². The smallest absolute Gasteiger partial charge is 0.186 e. The molecule has 3 rings (SSSR count). The largest absolute Gasteiger partial charge is 0.346 e. The van der Waals surface area contributed by atoms with E-state index in [0.29, 0.717) is 0 Å². The van der Waals surface area contributed by atoms with E-state index in [1.165, 1.54) is 4.70 Å². The molecule has 0 spiro atoms. The van der Waals surface area contributed by atoms with Crippen LogP contribution in [-0.2, 0) is 0 Å². The summed E-state index contributed by atoms with van der Waals surface area (Å²) in [7, 11) is 0. The van der Waals surface area contributed by atoms with E-state index in [9.17, 15) is 0 Å². The van der Waals surface area contributed by atoms with Crippen LogP contribution >= 0.6 is 27.3 Å². The summed E-state index contributed by atoms with van der Waals surface area (Å²) in [4.78, 5) is 7.06. The first-order valence-electron chi connectivity index (χ1n) is 5.35. The molecule has 84 valence electrons. The zero-order valence-corrected chi connectivity index (χ0v) is 11.1. The predicted molar refractivity (Wildman–Crippen MR) is 72.4 cm³/mol. The fourth-order valence-electron chi connectivity index (χ4n) is 1.89. The van der Waals surface area contributed by atoms with E-state index in [1.807, 2.05) is 6.07 Å². The molecule has 0 saturated carbocycles. The molecule has 1 aliphatic heterocycles. The number of rotatable bonds is 1. The van der Waals surface area contributed by atoms with Gasteiger partial charge in [-0.15, -0.1) is 0 Å². The fraction of sp³-hybridized carbons (Fsp3) is 0.364. The Morgan fingerprint density at radius 1 is 1.31 bits per heavy atom. The van der Waals surface area contributed by atoms with Crippen molar-refractivity contribution in [2.24, 2.45) is 0 Å². The molecular weight excluding hydrogens is 286 g/mol. The van der Waals surface area contributed by atoms with Crippen LogP contribution in [0, 0.1) is 0 Å². The van der Waals surface area contributed by atoms with Gasteiger partial charge in [-0.05, 0) is 28.1 Å². The third-order valence-electron chi connectivity index (χ3n) is 2.75. The lowest BCUT2D eigenvalue weighted by molar-refractivity contribution is 0.588. The number of para-hydroxylation sites is 1. The molecule has 0 aliphatic carbocycles. The monoisotopic (exact) mass is 297 g/mol. The molecule has 1 aromatic carbocycles. The summed E-state index contributed by atoms with van der Waals surface area (Å²) < 4.78 is 2.34. The number of piperazine rings is 1. The van der Waals surface area contributed by atoms with Gasteiger partial charge in [0.15, 0.2) is 5.13 Å². The lowest BCUT2D eigenvalue weighted by Gasteiger charge is -2.26. The first kappa shape index (κ1) is 10.5. The molecule has 1 fully saturated rings. The highest BCUT2D eigenvalue weighted by atomic mass is 79.9. The molecule has 3 nitrogen and oxygen atoms in total. The summed E-state index contributed by atoms with van der Waals surface area (Å²) in [5, 5.41) is 4.50. The number of benzene rings is 1. The molecule has 1 saturated heterocycles. The standard InChI is InChI=1S/C11H12BrN3S/c12-8-2-1-3-9-10(8)14-11(16-9)15-6-4-13-5-7-15/h1-3,13H,4-7H2. The fourth-order valence-corrected chi connectivity index (χ4v) is 3.52. The highest BCUT2D eigenvalue weighted by Gasteiger charge is 2.15. The van der Waals surface area contributed by atoms with Gasteiger partial charge in [0.2, 0.25) is 0 Å². The molecule has 2 heterocycles. The number of anilines is 1. The summed E-state index contributed by atoms with van der Waals surface area (Å²) in [6, 6.07) is 6.24. The highest BCUT2D eigenvalue weighted by molar-refractivity contribution is 9.10. The summed E-state index contributed by atoms with van der Waals surface area (Å²) >= 11 is 5.32. The average Bonchev–Trinajstić information content (AvgIpc) is 2.76. The molecule has 1 N–H and O–H groups in total. The second kappa shape index (κ2) is 4.31. The normalized spacial score (nSPS) is 16.9. The molecular formula is C11H12BrN3S. The Morgan fingerprint density at radius 3 is 2.88 bits per heavy atom. The van der Waals surface area contributed by atoms with Crippen LogP contribution in [0.15, 0.2) is 22.7 Å². The van der Waals surface area contributed by atoms with Crippen molar-refractivity contribution in [1.29, 1.82) is 0 Å². The van der Waals surface area contributed by atoms with Crippen molar-refractivity contribution in [3.63, 3.8) is 0 Å². The van der Waals surface area contributed by atoms with Crippen molar-refractivity contribution in [2.75, 3.05) is 31.1 Å². The third kappa shape index (κ3) is 1.83. The predicted octanol–water partition coefficient (Wildman–Crippen LogP) is 2.47. The van der Waals surface area contributed by atoms with Crippen molar-refractivity contribution < 1.29 is 0 Å². The van der Waals surface area contributed by atoms with Crippen molar-refractivity contribution in [3.8, 4) is 0 Å². The maximum Gasteiger partial charge on any atom is 0.186 e. The summed E-state index contributed by atoms with van der Waals surface area (Å²) in [6.45, 7) is 4.21. The van der Waals surface area contributed by atoms with Gasteiger partial charge in [-0.25, -0.2) is 4.98 Å². The van der Waals surface area contributed by atoms with Crippen LogP contribution in [-0.4, -0.2) is 31.2 Å². The Kier molecular flexibility index (Phi) is 2.83. The Balaban J connectivity index is 2.01. The topological polar surface area (TPSA) is 28.2 Å². The van der Waals surface area contributed by atoms with Gasteiger partial charge in [-0.3, -0.25) is 0 Å². The first-order chi connectivity index (χ1) is 7.84. The Hall–Kier alpha value is -0.650. The third-order valence-corrected chi connectivity index (χ3v) is 4.47. The minimum absolute atomic E-state index is 1.05.